The topological polar surface area (TPSA) is 83.6 Å². The van der Waals surface area contributed by atoms with E-state index < -0.39 is 10.0 Å². The Bertz CT molecular complexity index is 712. The molecule has 112 valence electrons. The largest absolute Gasteiger partial charge is 0.508 e. The van der Waals surface area contributed by atoms with Gasteiger partial charge in [-0.15, -0.1) is 0 Å². The zero-order valence-corrected chi connectivity index (χ0v) is 12.5. The second-order valence-electron chi connectivity index (χ2n) is 4.76. The van der Waals surface area contributed by atoms with Crippen LogP contribution in [0.5, 0.6) is 5.75 Å². The summed E-state index contributed by atoms with van der Waals surface area (Å²) >= 11 is 0. The van der Waals surface area contributed by atoms with Crippen molar-refractivity contribution in [2.75, 3.05) is 11.4 Å². The van der Waals surface area contributed by atoms with Crippen LogP contribution in [0.4, 0.5) is 5.69 Å². The van der Waals surface area contributed by atoms with Gasteiger partial charge in [-0.05, 0) is 35.4 Å². The summed E-state index contributed by atoms with van der Waals surface area (Å²) in [6, 6.07) is 13.2. The zero-order chi connectivity index (χ0) is 15.5. The molecule has 0 fully saturated rings. The Hall–Kier alpha value is -2.05. The third-order valence-electron chi connectivity index (χ3n) is 3.21. The van der Waals surface area contributed by atoms with E-state index in [1.807, 2.05) is 6.07 Å². The molecule has 0 bridgehead atoms. The zero-order valence-electron chi connectivity index (χ0n) is 11.7. The molecule has 6 heteroatoms. The second kappa shape index (κ2) is 6.15. The molecule has 0 radical (unpaired) electrons. The number of sulfonamides is 1. The van der Waals surface area contributed by atoms with Gasteiger partial charge in [0.25, 0.3) is 0 Å². The van der Waals surface area contributed by atoms with Gasteiger partial charge in [-0.1, -0.05) is 24.3 Å². The molecule has 2 rings (SSSR count). The molecule has 0 saturated heterocycles. The summed E-state index contributed by atoms with van der Waals surface area (Å²) in [5.41, 5.74) is 7.66. The average Bonchev–Trinajstić information content (AvgIpc) is 2.47. The summed E-state index contributed by atoms with van der Waals surface area (Å²) in [6.07, 6.45) is 0. The highest BCUT2D eigenvalue weighted by Gasteiger charge is 2.19. The normalized spacial score (nSPS) is 11.3. The molecule has 0 saturated carbocycles. The predicted molar refractivity (Wildman–Crippen MR) is 83.5 cm³/mol. The van der Waals surface area contributed by atoms with Crippen LogP contribution in [-0.4, -0.2) is 20.6 Å². The Morgan fingerprint density at radius 1 is 1.10 bits per heavy atom. The first-order chi connectivity index (χ1) is 9.92. The molecule has 0 aliphatic heterocycles. The van der Waals surface area contributed by atoms with Gasteiger partial charge in [0.2, 0.25) is 10.0 Å². The number of rotatable bonds is 5. The first-order valence-electron chi connectivity index (χ1n) is 6.46. The third kappa shape index (κ3) is 3.74. The van der Waals surface area contributed by atoms with Crippen LogP contribution in [0.1, 0.15) is 11.1 Å². The first kappa shape index (κ1) is 15.3. The van der Waals surface area contributed by atoms with Crippen LogP contribution in [-0.2, 0) is 22.3 Å². The Balaban J connectivity index is 2.22. The lowest BCUT2D eigenvalue weighted by Crippen LogP contribution is -2.27. The number of phenols is 1. The van der Waals surface area contributed by atoms with Crippen molar-refractivity contribution < 1.29 is 13.5 Å². The van der Waals surface area contributed by atoms with Crippen molar-refractivity contribution in [3.05, 3.63) is 59.7 Å². The smallest absolute Gasteiger partial charge is 0.239 e. The lowest BCUT2D eigenvalue weighted by Gasteiger charge is -2.19. The van der Waals surface area contributed by atoms with Crippen molar-refractivity contribution in [3.63, 3.8) is 0 Å². The lowest BCUT2D eigenvalue weighted by atomic mass is 10.1. The minimum atomic E-state index is -3.49. The molecule has 5 nitrogen and oxygen atoms in total. The summed E-state index contributed by atoms with van der Waals surface area (Å²) in [4.78, 5) is 0. The van der Waals surface area contributed by atoms with E-state index in [1.165, 1.54) is 23.5 Å². The van der Waals surface area contributed by atoms with Gasteiger partial charge >= 0.3 is 0 Å². The molecule has 0 spiro atoms. The Morgan fingerprint density at radius 2 is 1.71 bits per heavy atom. The first-order valence-corrected chi connectivity index (χ1v) is 8.07. The number of hydrogen-bond acceptors (Lipinski definition) is 4. The van der Waals surface area contributed by atoms with Crippen molar-refractivity contribution in [1.29, 1.82) is 0 Å². The van der Waals surface area contributed by atoms with Crippen LogP contribution in [0.2, 0.25) is 0 Å². The van der Waals surface area contributed by atoms with Gasteiger partial charge in [0.05, 0.1) is 11.4 Å². The molecule has 21 heavy (non-hydrogen) atoms. The maximum absolute atomic E-state index is 12.4. The van der Waals surface area contributed by atoms with Crippen LogP contribution in [0.3, 0.4) is 0 Å². The SMILES string of the molecule is CN(c1ccc(O)cc1)S(=O)(=O)Cc1cccc(CN)c1. The highest BCUT2D eigenvalue weighted by atomic mass is 32.2. The summed E-state index contributed by atoms with van der Waals surface area (Å²) < 4.78 is 26.0. The summed E-state index contributed by atoms with van der Waals surface area (Å²) in [6.45, 7) is 0.377. The van der Waals surface area contributed by atoms with Gasteiger partial charge < -0.3 is 10.8 Å². The molecular weight excluding hydrogens is 288 g/mol. The molecule has 0 aromatic heterocycles. The van der Waals surface area contributed by atoms with Gasteiger partial charge in [-0.3, -0.25) is 4.31 Å². The number of nitrogens with two attached hydrogens (primary N) is 1. The van der Waals surface area contributed by atoms with Crippen molar-refractivity contribution in [2.24, 2.45) is 5.73 Å². The standard InChI is InChI=1S/C15H18N2O3S/c1-17(14-5-7-15(18)8-6-14)21(19,20)11-13-4-2-3-12(9-13)10-16/h2-9,18H,10-11,16H2,1H3. The number of benzene rings is 2. The van der Waals surface area contributed by atoms with Crippen molar-refractivity contribution in [3.8, 4) is 5.75 Å². The average molecular weight is 306 g/mol. The fraction of sp³-hybridized carbons (Fsp3) is 0.200. The predicted octanol–water partition coefficient (Wildman–Crippen LogP) is 1.82. The highest BCUT2D eigenvalue weighted by molar-refractivity contribution is 7.92. The van der Waals surface area contributed by atoms with E-state index in [-0.39, 0.29) is 11.5 Å². The van der Waals surface area contributed by atoms with Crippen molar-refractivity contribution in [2.45, 2.75) is 12.3 Å². The summed E-state index contributed by atoms with van der Waals surface area (Å²) in [5.74, 6) is -0.00159. The summed E-state index contributed by atoms with van der Waals surface area (Å²) in [5, 5.41) is 9.25. The quantitative estimate of drug-likeness (QED) is 0.882. The number of anilines is 1. The molecular formula is C15H18N2O3S. The monoisotopic (exact) mass is 306 g/mol. The van der Waals surface area contributed by atoms with E-state index in [0.29, 0.717) is 17.8 Å². The molecule has 3 N–H and O–H groups in total. The lowest BCUT2D eigenvalue weighted by molar-refractivity contribution is 0.475. The third-order valence-corrected chi connectivity index (χ3v) is 4.95. The Morgan fingerprint density at radius 3 is 2.33 bits per heavy atom. The van der Waals surface area contributed by atoms with Crippen LogP contribution >= 0.6 is 0 Å². The maximum Gasteiger partial charge on any atom is 0.239 e. The van der Waals surface area contributed by atoms with E-state index in [4.69, 9.17) is 5.73 Å². The number of aromatic hydroxyl groups is 1. The Labute approximate surface area is 124 Å². The fourth-order valence-electron chi connectivity index (χ4n) is 1.98. The summed E-state index contributed by atoms with van der Waals surface area (Å²) in [7, 11) is -2.00. The molecule has 0 aliphatic rings. The molecule has 0 atom stereocenters. The van der Waals surface area contributed by atoms with Gasteiger partial charge in [-0.25, -0.2) is 8.42 Å². The van der Waals surface area contributed by atoms with Crippen LogP contribution in [0, 0.1) is 0 Å². The number of phenolic OH excluding ortho intramolecular Hbond substituents is 1. The van der Waals surface area contributed by atoms with Crippen LogP contribution < -0.4 is 10.0 Å². The van der Waals surface area contributed by atoms with E-state index in [1.54, 1.807) is 30.3 Å². The molecule has 2 aromatic rings. The van der Waals surface area contributed by atoms with Crippen molar-refractivity contribution in [1.82, 2.24) is 0 Å². The van der Waals surface area contributed by atoms with Gasteiger partial charge in [-0.2, -0.15) is 0 Å². The number of hydrogen-bond donors (Lipinski definition) is 2. The molecule has 0 unspecified atom stereocenters. The van der Waals surface area contributed by atoms with Gasteiger partial charge in [0.1, 0.15) is 5.75 Å². The van der Waals surface area contributed by atoms with Crippen LogP contribution in [0.15, 0.2) is 48.5 Å². The van der Waals surface area contributed by atoms with E-state index in [0.717, 1.165) is 5.56 Å². The number of nitrogens with zero attached hydrogens (tertiary/aromatic N) is 1. The van der Waals surface area contributed by atoms with Gasteiger partial charge in [0.15, 0.2) is 0 Å². The fourth-order valence-corrected chi connectivity index (χ4v) is 3.21. The van der Waals surface area contributed by atoms with Crippen molar-refractivity contribution >= 4 is 15.7 Å². The maximum atomic E-state index is 12.4. The molecule has 0 amide bonds. The highest BCUT2D eigenvalue weighted by Crippen LogP contribution is 2.21. The molecule has 0 aliphatic carbocycles. The minimum Gasteiger partial charge on any atom is -0.508 e. The molecule has 2 aromatic carbocycles. The van der Waals surface area contributed by atoms with Crippen LogP contribution in [0.25, 0.3) is 0 Å². The van der Waals surface area contributed by atoms with Gasteiger partial charge in [0, 0.05) is 13.6 Å². The Kier molecular flexibility index (Phi) is 4.50. The molecule has 0 heterocycles. The van der Waals surface area contributed by atoms with E-state index in [2.05, 4.69) is 0 Å². The van der Waals surface area contributed by atoms with E-state index >= 15 is 0 Å². The second-order valence-corrected chi connectivity index (χ2v) is 6.76. The van der Waals surface area contributed by atoms with E-state index in [9.17, 15) is 13.5 Å². The minimum absolute atomic E-state index is 0.0974.